The zero-order valence-corrected chi connectivity index (χ0v) is 12.2. The number of hydrogen-bond acceptors (Lipinski definition) is 3. The van der Waals surface area contributed by atoms with Gasteiger partial charge in [-0.3, -0.25) is 4.79 Å². The number of nitrogens with zero attached hydrogens (tertiary/aromatic N) is 2. The number of imidazole rings is 1. The van der Waals surface area contributed by atoms with Crippen LogP contribution in [-0.2, 0) is 23.5 Å². The van der Waals surface area contributed by atoms with E-state index in [1.807, 2.05) is 34.9 Å². The molecular weight excluding hydrogens is 272 g/mol. The van der Waals surface area contributed by atoms with Gasteiger partial charge in [-0.05, 0) is 18.9 Å². The Morgan fingerprint density at radius 3 is 2.80 bits per heavy atom. The third-order valence-electron chi connectivity index (χ3n) is 3.11. The highest BCUT2D eigenvalue weighted by Crippen LogP contribution is 2.21. The van der Waals surface area contributed by atoms with Gasteiger partial charge < -0.3 is 9.67 Å². The lowest BCUT2D eigenvalue weighted by atomic mass is 10.1. The van der Waals surface area contributed by atoms with Crippen LogP contribution < -0.4 is 0 Å². The maximum absolute atomic E-state index is 11.4. The Morgan fingerprint density at radius 2 is 2.15 bits per heavy atom. The van der Waals surface area contributed by atoms with E-state index in [4.69, 9.17) is 0 Å². The Hall–Kier alpha value is -1.75. The first-order chi connectivity index (χ1) is 9.70. The molecule has 20 heavy (non-hydrogen) atoms. The Morgan fingerprint density at radius 1 is 1.40 bits per heavy atom. The molecule has 1 aromatic carbocycles. The van der Waals surface area contributed by atoms with Gasteiger partial charge in [-0.2, -0.15) is 0 Å². The monoisotopic (exact) mass is 290 g/mol. The van der Waals surface area contributed by atoms with Crippen LogP contribution in [0, 0.1) is 0 Å². The van der Waals surface area contributed by atoms with Gasteiger partial charge in [0.15, 0.2) is 0 Å². The SMILES string of the molecule is CCn1cncc1CSC(Cc1ccccc1)C(=O)O. The molecule has 106 valence electrons. The first-order valence-corrected chi connectivity index (χ1v) is 7.63. The summed E-state index contributed by atoms with van der Waals surface area (Å²) in [5.74, 6) is -0.0983. The van der Waals surface area contributed by atoms with E-state index in [0.717, 1.165) is 17.8 Å². The topological polar surface area (TPSA) is 55.1 Å². The smallest absolute Gasteiger partial charge is 0.316 e. The second kappa shape index (κ2) is 7.14. The summed E-state index contributed by atoms with van der Waals surface area (Å²) in [7, 11) is 0. The lowest BCUT2D eigenvalue weighted by Gasteiger charge is -2.12. The molecule has 1 atom stereocenters. The minimum absolute atomic E-state index is 0.433. The first kappa shape index (κ1) is 14.7. The van der Waals surface area contributed by atoms with Crippen LogP contribution in [0.1, 0.15) is 18.2 Å². The largest absolute Gasteiger partial charge is 0.480 e. The van der Waals surface area contributed by atoms with Gasteiger partial charge in [0.2, 0.25) is 0 Å². The van der Waals surface area contributed by atoms with E-state index >= 15 is 0 Å². The van der Waals surface area contributed by atoms with Gasteiger partial charge in [0.25, 0.3) is 0 Å². The second-order valence-corrected chi connectivity index (χ2v) is 5.69. The molecule has 1 N–H and O–H groups in total. The van der Waals surface area contributed by atoms with Crippen LogP contribution in [0.25, 0.3) is 0 Å². The van der Waals surface area contributed by atoms with E-state index in [0.29, 0.717) is 12.2 Å². The van der Waals surface area contributed by atoms with Crippen LogP contribution in [0.4, 0.5) is 0 Å². The molecule has 0 aliphatic rings. The predicted octanol–water partition coefficient (Wildman–Crippen LogP) is 2.83. The van der Waals surface area contributed by atoms with Crippen LogP contribution in [0.3, 0.4) is 0 Å². The molecule has 0 saturated carbocycles. The number of benzene rings is 1. The molecule has 1 aromatic heterocycles. The number of hydrogen-bond donors (Lipinski definition) is 1. The summed E-state index contributed by atoms with van der Waals surface area (Å²) in [4.78, 5) is 15.5. The van der Waals surface area contributed by atoms with Crippen molar-refractivity contribution in [1.82, 2.24) is 9.55 Å². The van der Waals surface area contributed by atoms with Crippen LogP contribution in [0.15, 0.2) is 42.9 Å². The molecule has 0 radical (unpaired) electrons. The van der Waals surface area contributed by atoms with Crippen molar-refractivity contribution in [2.24, 2.45) is 0 Å². The maximum Gasteiger partial charge on any atom is 0.316 e. The number of carbonyl (C=O) groups is 1. The highest BCUT2D eigenvalue weighted by Gasteiger charge is 2.19. The molecule has 2 rings (SSSR count). The van der Waals surface area contributed by atoms with Gasteiger partial charge in [-0.1, -0.05) is 30.3 Å². The zero-order valence-electron chi connectivity index (χ0n) is 11.4. The van der Waals surface area contributed by atoms with Crippen molar-refractivity contribution < 1.29 is 9.90 Å². The highest BCUT2D eigenvalue weighted by molar-refractivity contribution is 7.99. The number of aromatic nitrogens is 2. The third-order valence-corrected chi connectivity index (χ3v) is 4.34. The molecule has 0 aliphatic carbocycles. The van der Waals surface area contributed by atoms with Crippen molar-refractivity contribution in [2.75, 3.05) is 0 Å². The maximum atomic E-state index is 11.4. The summed E-state index contributed by atoms with van der Waals surface area (Å²) in [5.41, 5.74) is 2.12. The summed E-state index contributed by atoms with van der Waals surface area (Å²) >= 11 is 1.45. The van der Waals surface area contributed by atoms with Gasteiger partial charge in [-0.15, -0.1) is 11.8 Å². The van der Waals surface area contributed by atoms with Crippen molar-refractivity contribution in [2.45, 2.75) is 30.9 Å². The summed E-state index contributed by atoms with van der Waals surface area (Å²) in [5, 5.41) is 8.91. The Kier molecular flexibility index (Phi) is 5.24. The van der Waals surface area contributed by atoms with Crippen molar-refractivity contribution in [3.63, 3.8) is 0 Å². The molecule has 0 fully saturated rings. The van der Waals surface area contributed by atoms with Crippen LogP contribution >= 0.6 is 11.8 Å². The number of thioether (sulfide) groups is 1. The Bertz CT molecular complexity index is 554. The molecule has 2 aromatic rings. The number of rotatable bonds is 7. The molecule has 0 spiro atoms. The van der Waals surface area contributed by atoms with E-state index in [1.165, 1.54) is 11.8 Å². The Labute approximate surface area is 122 Å². The van der Waals surface area contributed by atoms with E-state index < -0.39 is 11.2 Å². The van der Waals surface area contributed by atoms with Gasteiger partial charge in [0.1, 0.15) is 5.25 Å². The standard InChI is InChI=1S/C15H18N2O2S/c1-2-17-11-16-9-13(17)10-20-14(15(18)19)8-12-6-4-3-5-7-12/h3-7,9,11,14H,2,8,10H2,1H3,(H,18,19). The third kappa shape index (κ3) is 3.87. The quantitative estimate of drug-likeness (QED) is 0.852. The molecule has 4 nitrogen and oxygen atoms in total. The predicted molar refractivity (Wildman–Crippen MR) is 80.8 cm³/mol. The van der Waals surface area contributed by atoms with Gasteiger partial charge in [0, 0.05) is 24.2 Å². The lowest BCUT2D eigenvalue weighted by Crippen LogP contribution is -2.19. The van der Waals surface area contributed by atoms with Crippen LogP contribution in [0.5, 0.6) is 0 Å². The normalized spacial score (nSPS) is 12.2. The molecule has 0 saturated heterocycles. The van der Waals surface area contributed by atoms with Crippen molar-refractivity contribution in [1.29, 1.82) is 0 Å². The summed E-state index contributed by atoms with van der Waals surface area (Å²) in [6.07, 6.45) is 4.13. The van der Waals surface area contributed by atoms with Gasteiger partial charge >= 0.3 is 5.97 Å². The second-order valence-electron chi connectivity index (χ2n) is 4.50. The minimum Gasteiger partial charge on any atom is -0.480 e. The molecule has 1 unspecified atom stereocenters. The molecule has 0 aliphatic heterocycles. The summed E-state index contributed by atoms with van der Waals surface area (Å²) < 4.78 is 2.04. The van der Waals surface area contributed by atoms with Crippen LogP contribution in [0.2, 0.25) is 0 Å². The highest BCUT2D eigenvalue weighted by atomic mass is 32.2. The van der Waals surface area contributed by atoms with Gasteiger partial charge in [0.05, 0.1) is 6.33 Å². The molecular formula is C15H18N2O2S. The van der Waals surface area contributed by atoms with E-state index in [-0.39, 0.29) is 0 Å². The fourth-order valence-corrected chi connectivity index (χ4v) is 3.05. The van der Waals surface area contributed by atoms with Crippen molar-refractivity contribution in [3.8, 4) is 0 Å². The number of aryl methyl sites for hydroxylation is 1. The molecule has 5 heteroatoms. The van der Waals surface area contributed by atoms with E-state index in [1.54, 1.807) is 12.5 Å². The lowest BCUT2D eigenvalue weighted by molar-refractivity contribution is -0.136. The summed E-state index contributed by atoms with van der Waals surface area (Å²) in [6.45, 7) is 2.90. The average Bonchev–Trinajstić information content (AvgIpc) is 2.91. The molecule has 0 bridgehead atoms. The van der Waals surface area contributed by atoms with Crippen LogP contribution in [-0.4, -0.2) is 25.9 Å². The Balaban J connectivity index is 1.98. The van der Waals surface area contributed by atoms with Crippen molar-refractivity contribution in [3.05, 3.63) is 54.1 Å². The molecule has 0 amide bonds. The number of carboxylic acid groups (broad SMARTS) is 1. The zero-order chi connectivity index (χ0) is 14.4. The first-order valence-electron chi connectivity index (χ1n) is 6.58. The number of aliphatic carboxylic acids is 1. The van der Waals surface area contributed by atoms with Crippen molar-refractivity contribution >= 4 is 17.7 Å². The fourth-order valence-electron chi connectivity index (χ4n) is 1.98. The molecule has 1 heterocycles. The summed E-state index contributed by atoms with van der Waals surface area (Å²) in [6, 6.07) is 9.74. The number of carboxylic acids is 1. The van der Waals surface area contributed by atoms with E-state index in [2.05, 4.69) is 11.9 Å². The van der Waals surface area contributed by atoms with E-state index in [9.17, 15) is 9.90 Å². The minimum atomic E-state index is -0.763. The fraction of sp³-hybridized carbons (Fsp3) is 0.333. The average molecular weight is 290 g/mol. The van der Waals surface area contributed by atoms with Gasteiger partial charge in [-0.25, -0.2) is 4.98 Å².